The zero-order valence-corrected chi connectivity index (χ0v) is 21.2. The molecule has 1 N–H and O–H groups in total. The van der Waals surface area contributed by atoms with Gasteiger partial charge in [-0.05, 0) is 52.4 Å². The first kappa shape index (κ1) is 25.5. The molecule has 9 heteroatoms. The molecule has 0 saturated carbocycles. The average Bonchev–Trinajstić information content (AvgIpc) is 3.23. The summed E-state index contributed by atoms with van der Waals surface area (Å²) in [5.41, 5.74) is -0.443. The Morgan fingerprint density at radius 2 is 1.77 bits per heavy atom. The largest absolute Gasteiger partial charge is 0.444 e. The molecule has 3 fully saturated rings. The molecular weight excluding hydrogens is 499 g/mol. The topological polar surface area (TPSA) is 75.6 Å². The number of guanidine groups is 1. The maximum atomic E-state index is 12.2. The first-order chi connectivity index (χ1) is 13.9. The maximum absolute atomic E-state index is 12.2. The highest BCUT2D eigenvalue weighted by molar-refractivity contribution is 14.0. The molecule has 3 rings (SSSR count). The molecule has 3 heterocycles. The second-order valence-corrected chi connectivity index (χ2v) is 9.25. The number of carbonyl (C=O) groups is 1. The predicted molar refractivity (Wildman–Crippen MR) is 128 cm³/mol. The van der Waals surface area contributed by atoms with Gasteiger partial charge in [-0.15, -0.1) is 24.0 Å². The quantitative estimate of drug-likeness (QED) is 0.339. The molecule has 0 spiro atoms. The highest BCUT2D eigenvalue weighted by Gasteiger charge is 2.32. The minimum atomic E-state index is -0.443. The van der Waals surface area contributed by atoms with E-state index >= 15 is 0 Å². The summed E-state index contributed by atoms with van der Waals surface area (Å²) in [5, 5.41) is 3.55. The number of piperidine rings is 1. The lowest BCUT2D eigenvalue weighted by Crippen LogP contribution is -2.54. The van der Waals surface area contributed by atoms with Crippen molar-refractivity contribution in [3.05, 3.63) is 0 Å². The van der Waals surface area contributed by atoms with Crippen LogP contribution in [0.5, 0.6) is 0 Å². The van der Waals surface area contributed by atoms with Gasteiger partial charge in [0.15, 0.2) is 5.96 Å². The standard InChI is InChI=1S/C21H38N4O4.HI/c1-21(2,3)29-20(26)24-9-7-16(8-10-24)14-23-19(22-4)25-11-13-28-18(15-25)17-6-5-12-27-17;/h16-18H,5-15H2,1-4H3,(H,22,23);1H. The molecule has 0 aliphatic carbocycles. The number of nitrogens with one attached hydrogen (secondary N) is 1. The number of hydrogen-bond donors (Lipinski definition) is 1. The number of amides is 1. The summed E-state index contributed by atoms with van der Waals surface area (Å²) < 4.78 is 17.2. The van der Waals surface area contributed by atoms with Crippen LogP contribution >= 0.6 is 24.0 Å². The fourth-order valence-corrected chi connectivity index (χ4v) is 4.20. The van der Waals surface area contributed by atoms with Gasteiger partial charge in [0.1, 0.15) is 11.7 Å². The molecule has 0 aromatic rings. The minimum Gasteiger partial charge on any atom is -0.444 e. The van der Waals surface area contributed by atoms with Crippen LogP contribution in [0.3, 0.4) is 0 Å². The van der Waals surface area contributed by atoms with Gasteiger partial charge in [-0.1, -0.05) is 0 Å². The summed E-state index contributed by atoms with van der Waals surface area (Å²) in [6, 6.07) is 0. The van der Waals surface area contributed by atoms with Crippen molar-refractivity contribution in [1.29, 1.82) is 0 Å². The molecule has 3 aliphatic heterocycles. The van der Waals surface area contributed by atoms with Crippen molar-refractivity contribution in [3.8, 4) is 0 Å². The number of likely N-dealkylation sites (tertiary alicyclic amines) is 1. The summed E-state index contributed by atoms with van der Waals surface area (Å²) in [6.45, 7) is 11.3. The normalized spacial score (nSPS) is 26.3. The van der Waals surface area contributed by atoms with Gasteiger partial charge in [-0.2, -0.15) is 0 Å². The van der Waals surface area contributed by atoms with Crippen molar-refractivity contribution in [2.75, 3.05) is 53.0 Å². The van der Waals surface area contributed by atoms with Crippen molar-refractivity contribution in [2.24, 2.45) is 10.9 Å². The lowest BCUT2D eigenvalue weighted by molar-refractivity contribution is -0.0817. The fraction of sp³-hybridized carbons (Fsp3) is 0.905. The van der Waals surface area contributed by atoms with Gasteiger partial charge in [0, 0.05) is 46.4 Å². The van der Waals surface area contributed by atoms with E-state index in [1.807, 2.05) is 32.7 Å². The monoisotopic (exact) mass is 538 g/mol. The van der Waals surface area contributed by atoms with E-state index in [0.29, 0.717) is 12.5 Å². The first-order valence-electron chi connectivity index (χ1n) is 11.0. The van der Waals surface area contributed by atoms with E-state index in [0.717, 1.165) is 71.0 Å². The number of aliphatic imine (C=N–C) groups is 1. The number of ether oxygens (including phenoxy) is 3. The van der Waals surface area contributed by atoms with Gasteiger partial charge in [0.05, 0.1) is 12.7 Å². The highest BCUT2D eigenvalue weighted by atomic mass is 127. The van der Waals surface area contributed by atoms with Crippen LogP contribution in [-0.2, 0) is 14.2 Å². The molecule has 8 nitrogen and oxygen atoms in total. The van der Waals surface area contributed by atoms with Crippen molar-refractivity contribution in [2.45, 2.75) is 64.3 Å². The Kier molecular flexibility index (Phi) is 9.93. The van der Waals surface area contributed by atoms with Crippen LogP contribution in [0.2, 0.25) is 0 Å². The number of nitrogens with zero attached hydrogens (tertiary/aromatic N) is 3. The van der Waals surface area contributed by atoms with Crippen molar-refractivity contribution >= 4 is 36.0 Å². The predicted octanol–water partition coefficient (Wildman–Crippen LogP) is 2.71. The van der Waals surface area contributed by atoms with Gasteiger partial charge >= 0.3 is 6.09 Å². The summed E-state index contributed by atoms with van der Waals surface area (Å²) in [6.07, 6.45) is 4.30. The summed E-state index contributed by atoms with van der Waals surface area (Å²) >= 11 is 0. The molecule has 174 valence electrons. The average molecular weight is 538 g/mol. The van der Waals surface area contributed by atoms with E-state index in [9.17, 15) is 4.79 Å². The molecule has 2 unspecified atom stereocenters. The number of hydrogen-bond acceptors (Lipinski definition) is 5. The molecule has 1 amide bonds. The molecule has 2 atom stereocenters. The third kappa shape index (κ3) is 7.40. The van der Waals surface area contributed by atoms with Crippen LogP contribution in [0, 0.1) is 5.92 Å². The molecular formula is C21H39IN4O4. The summed E-state index contributed by atoms with van der Waals surface area (Å²) in [5.74, 6) is 1.46. The van der Waals surface area contributed by atoms with Gasteiger partial charge in [-0.3, -0.25) is 4.99 Å². The lowest BCUT2D eigenvalue weighted by atomic mass is 9.97. The van der Waals surface area contributed by atoms with Gasteiger partial charge in [-0.25, -0.2) is 4.79 Å². The van der Waals surface area contributed by atoms with E-state index in [4.69, 9.17) is 14.2 Å². The van der Waals surface area contributed by atoms with Crippen molar-refractivity contribution in [3.63, 3.8) is 0 Å². The molecule has 30 heavy (non-hydrogen) atoms. The van der Waals surface area contributed by atoms with Crippen LogP contribution in [-0.4, -0.2) is 92.6 Å². The van der Waals surface area contributed by atoms with Crippen LogP contribution < -0.4 is 5.32 Å². The van der Waals surface area contributed by atoms with E-state index in [1.54, 1.807) is 0 Å². The van der Waals surface area contributed by atoms with Crippen molar-refractivity contribution < 1.29 is 19.0 Å². The number of halogens is 1. The zero-order valence-electron chi connectivity index (χ0n) is 18.9. The minimum absolute atomic E-state index is 0. The second-order valence-electron chi connectivity index (χ2n) is 9.25. The fourth-order valence-electron chi connectivity index (χ4n) is 4.20. The smallest absolute Gasteiger partial charge is 0.410 e. The van der Waals surface area contributed by atoms with Crippen LogP contribution in [0.25, 0.3) is 0 Å². The van der Waals surface area contributed by atoms with Gasteiger partial charge < -0.3 is 29.3 Å². The first-order valence-corrected chi connectivity index (χ1v) is 11.0. The molecule has 0 aromatic heterocycles. The molecule has 0 aromatic carbocycles. The third-order valence-electron chi connectivity index (χ3n) is 5.80. The Labute approximate surface area is 198 Å². The molecule has 3 saturated heterocycles. The van der Waals surface area contributed by atoms with Crippen LogP contribution in [0.4, 0.5) is 4.79 Å². The Bertz CT molecular complexity index is 570. The zero-order chi connectivity index (χ0) is 20.9. The third-order valence-corrected chi connectivity index (χ3v) is 5.80. The maximum Gasteiger partial charge on any atom is 0.410 e. The lowest BCUT2D eigenvalue weighted by Gasteiger charge is -2.38. The van der Waals surface area contributed by atoms with Gasteiger partial charge in [0.2, 0.25) is 0 Å². The van der Waals surface area contributed by atoms with E-state index in [2.05, 4.69) is 15.2 Å². The van der Waals surface area contributed by atoms with Crippen molar-refractivity contribution in [1.82, 2.24) is 15.1 Å². The van der Waals surface area contributed by atoms with Crippen LogP contribution in [0.15, 0.2) is 4.99 Å². The Morgan fingerprint density at radius 3 is 2.37 bits per heavy atom. The molecule has 0 bridgehead atoms. The Hall–Kier alpha value is -0.810. The second kappa shape index (κ2) is 11.7. The number of carbonyl (C=O) groups excluding carboxylic acids is 1. The summed E-state index contributed by atoms with van der Waals surface area (Å²) in [7, 11) is 1.84. The molecule has 0 radical (unpaired) electrons. The number of morpholine rings is 1. The Balaban J connectivity index is 0.00000320. The Morgan fingerprint density at radius 1 is 1.07 bits per heavy atom. The van der Waals surface area contributed by atoms with Crippen LogP contribution in [0.1, 0.15) is 46.5 Å². The van der Waals surface area contributed by atoms with E-state index < -0.39 is 5.60 Å². The molecule has 3 aliphatic rings. The highest BCUT2D eigenvalue weighted by Crippen LogP contribution is 2.22. The number of rotatable bonds is 3. The van der Waals surface area contributed by atoms with E-state index in [-0.39, 0.29) is 42.3 Å². The van der Waals surface area contributed by atoms with E-state index in [1.165, 1.54) is 0 Å². The van der Waals surface area contributed by atoms with Gasteiger partial charge in [0.25, 0.3) is 0 Å². The SMILES string of the molecule is CN=C(NCC1CCN(C(=O)OC(C)(C)C)CC1)N1CCOC(C2CCCO2)C1.I. The summed E-state index contributed by atoms with van der Waals surface area (Å²) in [4.78, 5) is 20.8.